The molecule has 1 aliphatic carbocycles. The summed E-state index contributed by atoms with van der Waals surface area (Å²) >= 11 is 0. The number of likely N-dealkylation sites (tertiary alicyclic amines) is 1. The molecule has 30 heavy (non-hydrogen) atoms. The van der Waals surface area contributed by atoms with Crippen LogP contribution in [0.5, 0.6) is 11.5 Å². The Labute approximate surface area is 175 Å². The molecular weight excluding hydrogens is 387 g/mol. The summed E-state index contributed by atoms with van der Waals surface area (Å²) in [6, 6.07) is 13.1. The summed E-state index contributed by atoms with van der Waals surface area (Å²) in [5.41, 5.74) is 0.431. The lowest BCUT2D eigenvalue weighted by Gasteiger charge is -2.32. The van der Waals surface area contributed by atoms with Gasteiger partial charge in [-0.15, -0.1) is 0 Å². The number of benzene rings is 2. The van der Waals surface area contributed by atoms with Crippen molar-refractivity contribution in [2.75, 3.05) is 32.1 Å². The van der Waals surface area contributed by atoms with Crippen molar-refractivity contribution in [3.05, 3.63) is 54.3 Å². The fourth-order valence-corrected chi connectivity index (χ4v) is 4.24. The van der Waals surface area contributed by atoms with Gasteiger partial charge in [0.2, 0.25) is 5.91 Å². The molecule has 1 saturated carbocycles. The van der Waals surface area contributed by atoms with E-state index in [0.29, 0.717) is 30.3 Å². The maximum absolute atomic E-state index is 13.3. The summed E-state index contributed by atoms with van der Waals surface area (Å²) in [5.74, 6) is 0.534. The predicted octanol–water partition coefficient (Wildman–Crippen LogP) is 3.48. The molecule has 0 radical (unpaired) electrons. The Morgan fingerprint density at radius 1 is 1.13 bits per heavy atom. The van der Waals surface area contributed by atoms with E-state index >= 15 is 0 Å². The third-order valence-electron chi connectivity index (χ3n) is 6.13. The van der Waals surface area contributed by atoms with E-state index in [1.165, 1.54) is 12.1 Å². The van der Waals surface area contributed by atoms with E-state index in [0.717, 1.165) is 19.3 Å². The van der Waals surface area contributed by atoms with Gasteiger partial charge in [0.05, 0.1) is 7.11 Å². The third-order valence-corrected chi connectivity index (χ3v) is 6.13. The van der Waals surface area contributed by atoms with Crippen LogP contribution in [0.1, 0.15) is 19.3 Å². The van der Waals surface area contributed by atoms with Crippen LogP contribution >= 0.6 is 0 Å². The average Bonchev–Trinajstić information content (AvgIpc) is 3.46. The van der Waals surface area contributed by atoms with Gasteiger partial charge in [-0.3, -0.25) is 9.59 Å². The second-order valence-electron chi connectivity index (χ2n) is 7.94. The van der Waals surface area contributed by atoms with E-state index in [4.69, 9.17) is 9.47 Å². The van der Waals surface area contributed by atoms with Crippen molar-refractivity contribution in [3.8, 4) is 11.5 Å². The topological polar surface area (TPSA) is 67.9 Å². The average molecular weight is 412 g/mol. The molecule has 1 heterocycles. The molecular formula is C23H25FN2O4. The van der Waals surface area contributed by atoms with Gasteiger partial charge in [-0.25, -0.2) is 4.39 Å². The number of amides is 2. The van der Waals surface area contributed by atoms with Crippen LogP contribution in [0, 0.1) is 17.2 Å². The second-order valence-corrected chi connectivity index (χ2v) is 7.94. The Kier molecular flexibility index (Phi) is 5.61. The number of nitrogens with zero attached hydrogens (tertiary/aromatic N) is 1. The van der Waals surface area contributed by atoms with Crippen LogP contribution in [0.2, 0.25) is 0 Å². The summed E-state index contributed by atoms with van der Waals surface area (Å²) in [7, 11) is 1.56. The molecule has 2 amide bonds. The van der Waals surface area contributed by atoms with Gasteiger partial charge in [0, 0.05) is 24.7 Å². The lowest BCUT2D eigenvalue weighted by molar-refractivity contribution is -0.135. The number of rotatable bonds is 6. The summed E-state index contributed by atoms with van der Waals surface area (Å²) in [4.78, 5) is 26.9. The van der Waals surface area contributed by atoms with Crippen LogP contribution in [0.15, 0.2) is 48.5 Å². The highest BCUT2D eigenvalue weighted by Crippen LogP contribution is 2.59. The largest absolute Gasteiger partial charge is 0.493 e. The van der Waals surface area contributed by atoms with Crippen LogP contribution in [-0.4, -0.2) is 43.5 Å². The highest BCUT2D eigenvalue weighted by molar-refractivity contribution is 5.95. The quantitative estimate of drug-likeness (QED) is 0.789. The number of ether oxygens (including phenoxy) is 2. The van der Waals surface area contributed by atoms with Crippen molar-refractivity contribution in [2.45, 2.75) is 19.3 Å². The number of para-hydroxylation sites is 2. The molecule has 1 saturated heterocycles. The number of hydrogen-bond donors (Lipinski definition) is 1. The molecule has 2 aromatic carbocycles. The number of halogens is 1. The molecule has 4 rings (SSSR count). The van der Waals surface area contributed by atoms with Crippen molar-refractivity contribution in [1.29, 1.82) is 0 Å². The third kappa shape index (κ3) is 4.25. The Morgan fingerprint density at radius 2 is 1.87 bits per heavy atom. The molecule has 1 spiro atoms. The molecule has 6 nitrogen and oxygen atoms in total. The molecule has 2 fully saturated rings. The minimum atomic E-state index is -0.375. The molecule has 1 aliphatic heterocycles. The lowest BCUT2D eigenvalue weighted by Crippen LogP contribution is -2.42. The highest BCUT2D eigenvalue weighted by atomic mass is 19.1. The molecule has 158 valence electrons. The van der Waals surface area contributed by atoms with E-state index in [-0.39, 0.29) is 35.6 Å². The standard InChI is InChI=1S/C23H25FN2O4/c1-29-19-7-2-3-8-20(19)30-15-21(27)26-11-9-23(10-12-26)14-18(23)22(28)25-17-6-4-5-16(24)13-17/h2-8,13,18H,9-12,14-15H2,1H3,(H,25,28)/t18-/m1/s1. The fraction of sp³-hybridized carbons (Fsp3) is 0.391. The zero-order chi connectivity index (χ0) is 21.1. The van der Waals surface area contributed by atoms with Gasteiger partial charge in [-0.05, 0) is 55.0 Å². The summed E-state index contributed by atoms with van der Waals surface area (Å²) in [6.07, 6.45) is 2.39. The summed E-state index contributed by atoms with van der Waals surface area (Å²) in [5, 5.41) is 2.81. The maximum Gasteiger partial charge on any atom is 0.260 e. The number of carbonyl (C=O) groups is 2. The minimum absolute atomic E-state index is 0.0440. The van der Waals surface area contributed by atoms with E-state index in [9.17, 15) is 14.0 Å². The van der Waals surface area contributed by atoms with E-state index in [2.05, 4.69) is 5.32 Å². The van der Waals surface area contributed by atoms with Crippen molar-refractivity contribution < 1.29 is 23.5 Å². The number of piperidine rings is 1. The van der Waals surface area contributed by atoms with Crippen LogP contribution in [-0.2, 0) is 9.59 Å². The van der Waals surface area contributed by atoms with Gasteiger partial charge in [0.25, 0.3) is 5.91 Å². The number of nitrogens with one attached hydrogen (secondary N) is 1. The van der Waals surface area contributed by atoms with Crippen molar-refractivity contribution in [2.24, 2.45) is 11.3 Å². The Morgan fingerprint density at radius 3 is 2.57 bits per heavy atom. The zero-order valence-electron chi connectivity index (χ0n) is 16.9. The first-order valence-electron chi connectivity index (χ1n) is 10.1. The van der Waals surface area contributed by atoms with Gasteiger partial charge in [-0.2, -0.15) is 0 Å². The first kappa shape index (κ1) is 20.2. The van der Waals surface area contributed by atoms with Crippen LogP contribution < -0.4 is 14.8 Å². The predicted molar refractivity (Wildman–Crippen MR) is 110 cm³/mol. The molecule has 1 atom stereocenters. The molecule has 0 unspecified atom stereocenters. The van der Waals surface area contributed by atoms with Crippen LogP contribution in [0.4, 0.5) is 10.1 Å². The van der Waals surface area contributed by atoms with Gasteiger partial charge in [0.1, 0.15) is 5.82 Å². The number of hydrogen-bond acceptors (Lipinski definition) is 4. The normalized spacial score (nSPS) is 19.3. The van der Waals surface area contributed by atoms with E-state index in [1.807, 2.05) is 12.1 Å². The van der Waals surface area contributed by atoms with E-state index in [1.54, 1.807) is 36.3 Å². The van der Waals surface area contributed by atoms with Crippen LogP contribution in [0.3, 0.4) is 0 Å². The zero-order valence-corrected chi connectivity index (χ0v) is 16.9. The Bertz CT molecular complexity index is 940. The number of anilines is 1. The second kappa shape index (κ2) is 8.34. The summed E-state index contributed by atoms with van der Waals surface area (Å²) in [6.45, 7) is 1.17. The summed E-state index contributed by atoms with van der Waals surface area (Å²) < 4.78 is 24.2. The number of carbonyl (C=O) groups excluding carboxylic acids is 2. The molecule has 7 heteroatoms. The minimum Gasteiger partial charge on any atom is -0.493 e. The van der Waals surface area contributed by atoms with Crippen LogP contribution in [0.25, 0.3) is 0 Å². The smallest absolute Gasteiger partial charge is 0.260 e. The molecule has 0 aromatic heterocycles. The molecule has 2 aromatic rings. The van der Waals surface area contributed by atoms with Gasteiger partial charge < -0.3 is 19.7 Å². The fourth-order valence-electron chi connectivity index (χ4n) is 4.24. The Hall–Kier alpha value is -3.09. The van der Waals surface area contributed by atoms with E-state index < -0.39 is 0 Å². The highest BCUT2D eigenvalue weighted by Gasteiger charge is 2.58. The monoisotopic (exact) mass is 412 g/mol. The lowest BCUT2D eigenvalue weighted by atomic mass is 9.90. The first-order valence-corrected chi connectivity index (χ1v) is 10.1. The Balaban J connectivity index is 1.26. The number of methoxy groups -OCH3 is 1. The van der Waals surface area contributed by atoms with Gasteiger partial charge in [-0.1, -0.05) is 18.2 Å². The molecule has 1 N–H and O–H groups in total. The van der Waals surface area contributed by atoms with Gasteiger partial charge in [0.15, 0.2) is 18.1 Å². The van der Waals surface area contributed by atoms with Crippen molar-refractivity contribution in [1.82, 2.24) is 4.90 Å². The van der Waals surface area contributed by atoms with Crippen molar-refractivity contribution in [3.63, 3.8) is 0 Å². The van der Waals surface area contributed by atoms with Gasteiger partial charge >= 0.3 is 0 Å². The first-order chi connectivity index (χ1) is 14.5. The molecule has 2 aliphatic rings. The van der Waals surface area contributed by atoms with Crippen molar-refractivity contribution >= 4 is 17.5 Å². The SMILES string of the molecule is COc1ccccc1OCC(=O)N1CCC2(CC1)C[C@@H]2C(=O)Nc1cccc(F)c1. The molecule has 0 bridgehead atoms. The maximum atomic E-state index is 13.3.